The molecule has 0 saturated carbocycles. The zero-order valence-corrected chi connectivity index (χ0v) is 20.2. The van der Waals surface area contributed by atoms with E-state index in [4.69, 9.17) is 18.6 Å². The van der Waals surface area contributed by atoms with Gasteiger partial charge in [0.2, 0.25) is 5.91 Å². The Morgan fingerprint density at radius 3 is 2.51 bits per heavy atom. The highest BCUT2D eigenvalue weighted by molar-refractivity contribution is 5.92. The Morgan fingerprint density at radius 1 is 1.09 bits per heavy atom. The Kier molecular flexibility index (Phi) is 7.07. The lowest BCUT2D eigenvalue weighted by molar-refractivity contribution is -0.142. The molecular weight excluding hydrogens is 452 g/mol. The maximum absolute atomic E-state index is 12.4. The minimum atomic E-state index is -0.485. The van der Waals surface area contributed by atoms with Crippen LogP contribution in [0.4, 0.5) is 5.69 Å². The van der Waals surface area contributed by atoms with Gasteiger partial charge in [-0.25, -0.2) is 4.79 Å². The topological polar surface area (TPSA) is 107 Å². The maximum Gasteiger partial charge on any atom is 0.336 e. The molecule has 1 atom stereocenters. The second-order valence-corrected chi connectivity index (χ2v) is 8.41. The summed E-state index contributed by atoms with van der Waals surface area (Å²) in [5, 5.41) is 3.46. The van der Waals surface area contributed by atoms with E-state index in [0.717, 1.165) is 28.5 Å². The number of hydrogen-bond donors (Lipinski definition) is 1. The van der Waals surface area contributed by atoms with Gasteiger partial charge >= 0.3 is 11.6 Å². The lowest BCUT2D eigenvalue weighted by Crippen LogP contribution is -2.36. The van der Waals surface area contributed by atoms with Crippen molar-refractivity contribution in [2.75, 3.05) is 33.2 Å². The number of nitrogens with zero attached hydrogens (tertiary/aromatic N) is 1. The van der Waals surface area contributed by atoms with Crippen LogP contribution in [0.15, 0.2) is 45.6 Å². The summed E-state index contributed by atoms with van der Waals surface area (Å²) in [4.78, 5) is 38.3. The molecule has 9 heteroatoms. The fourth-order valence-corrected chi connectivity index (χ4v) is 4.61. The molecule has 2 heterocycles. The normalized spacial score (nSPS) is 15.4. The zero-order chi connectivity index (χ0) is 25.1. The van der Waals surface area contributed by atoms with E-state index < -0.39 is 5.63 Å². The van der Waals surface area contributed by atoms with E-state index in [1.807, 2.05) is 18.2 Å². The molecule has 2 aromatic carbocycles. The number of methoxy groups -OCH3 is 3. The number of ether oxygens (including phenoxy) is 3. The second kappa shape index (κ2) is 10.2. The number of rotatable bonds is 7. The molecule has 1 amide bonds. The summed E-state index contributed by atoms with van der Waals surface area (Å²) < 4.78 is 21.3. The molecule has 1 N–H and O–H groups in total. The maximum atomic E-state index is 12.4. The molecule has 0 bridgehead atoms. The van der Waals surface area contributed by atoms with E-state index in [0.29, 0.717) is 35.9 Å². The number of amides is 1. The summed E-state index contributed by atoms with van der Waals surface area (Å²) in [7, 11) is 4.53. The van der Waals surface area contributed by atoms with Gasteiger partial charge in [0.05, 0.1) is 27.8 Å². The number of anilines is 1. The van der Waals surface area contributed by atoms with E-state index >= 15 is 0 Å². The summed E-state index contributed by atoms with van der Waals surface area (Å²) in [5.41, 5.74) is 3.24. The number of carbonyl (C=O) groups is 2. The van der Waals surface area contributed by atoms with Gasteiger partial charge in [-0.3, -0.25) is 14.5 Å². The standard InChI is InChI=1S/C26H28N2O7/c1-15(29)27-18-5-6-19-17(10-26(31)35-22(19)11-18)14-28-8-7-16-9-23(32-2)24(33-3)12-20(16)21(28)13-25(30)34-4/h5-6,9-12,21H,7-8,13-14H2,1-4H3,(H,27,29). The molecule has 1 aromatic heterocycles. The average molecular weight is 481 g/mol. The predicted molar refractivity (Wildman–Crippen MR) is 130 cm³/mol. The minimum Gasteiger partial charge on any atom is -0.493 e. The van der Waals surface area contributed by atoms with E-state index in [1.54, 1.807) is 26.4 Å². The molecule has 9 nitrogen and oxygen atoms in total. The van der Waals surface area contributed by atoms with Crippen molar-refractivity contribution < 1.29 is 28.2 Å². The lowest BCUT2D eigenvalue weighted by Gasteiger charge is -2.37. The molecule has 35 heavy (non-hydrogen) atoms. The van der Waals surface area contributed by atoms with Gasteiger partial charge in [0.15, 0.2) is 11.5 Å². The molecule has 4 rings (SSSR count). The Morgan fingerprint density at radius 2 is 1.83 bits per heavy atom. The van der Waals surface area contributed by atoms with Crippen molar-refractivity contribution in [3.63, 3.8) is 0 Å². The summed E-state index contributed by atoms with van der Waals surface area (Å²) >= 11 is 0. The van der Waals surface area contributed by atoms with E-state index in [2.05, 4.69) is 10.2 Å². The van der Waals surface area contributed by atoms with Gasteiger partial charge in [0.1, 0.15) is 5.58 Å². The van der Waals surface area contributed by atoms with Crippen molar-refractivity contribution in [3.05, 3.63) is 63.5 Å². The van der Waals surface area contributed by atoms with Crippen LogP contribution in [0, 0.1) is 0 Å². The van der Waals surface area contributed by atoms with Crippen LogP contribution in [0.5, 0.6) is 11.5 Å². The second-order valence-electron chi connectivity index (χ2n) is 8.41. The van der Waals surface area contributed by atoms with Gasteiger partial charge in [0, 0.05) is 49.3 Å². The monoisotopic (exact) mass is 480 g/mol. The van der Waals surface area contributed by atoms with Crippen LogP contribution in [0.25, 0.3) is 11.0 Å². The smallest absolute Gasteiger partial charge is 0.336 e. The SMILES string of the molecule is COC(=O)CC1c2cc(OC)c(OC)cc2CCN1Cc1cc(=O)oc2cc(NC(C)=O)ccc12. The Hall–Kier alpha value is -3.85. The number of nitrogens with one attached hydrogen (secondary N) is 1. The average Bonchev–Trinajstić information content (AvgIpc) is 2.83. The van der Waals surface area contributed by atoms with Gasteiger partial charge in [-0.15, -0.1) is 0 Å². The highest BCUT2D eigenvalue weighted by Gasteiger charge is 2.31. The summed E-state index contributed by atoms with van der Waals surface area (Å²) in [6.07, 6.45) is 0.879. The van der Waals surface area contributed by atoms with E-state index in [-0.39, 0.29) is 24.3 Å². The first-order valence-electron chi connectivity index (χ1n) is 11.2. The third-order valence-corrected chi connectivity index (χ3v) is 6.23. The molecule has 0 saturated heterocycles. The summed E-state index contributed by atoms with van der Waals surface area (Å²) in [6, 6.07) is 10.3. The molecule has 1 aliphatic heterocycles. The Bertz CT molecular complexity index is 1330. The first-order chi connectivity index (χ1) is 16.8. The van der Waals surface area contributed by atoms with Crippen molar-refractivity contribution in [1.82, 2.24) is 4.90 Å². The van der Waals surface area contributed by atoms with E-state index in [9.17, 15) is 14.4 Å². The van der Waals surface area contributed by atoms with E-state index in [1.165, 1.54) is 20.1 Å². The number of benzene rings is 2. The van der Waals surface area contributed by atoms with Crippen LogP contribution >= 0.6 is 0 Å². The summed E-state index contributed by atoms with van der Waals surface area (Å²) in [6.45, 7) is 2.49. The Labute approximate surface area is 202 Å². The highest BCUT2D eigenvalue weighted by Crippen LogP contribution is 2.40. The van der Waals surface area contributed by atoms with Crippen LogP contribution in [-0.2, 0) is 27.3 Å². The molecule has 3 aromatic rings. The summed E-state index contributed by atoms with van der Waals surface area (Å²) in [5.74, 6) is 0.671. The van der Waals surface area contributed by atoms with Gasteiger partial charge < -0.3 is 23.9 Å². The first kappa shape index (κ1) is 24.3. The van der Waals surface area contributed by atoms with Crippen LogP contribution in [0.2, 0.25) is 0 Å². The van der Waals surface area contributed by atoms with Crippen molar-refractivity contribution in [3.8, 4) is 11.5 Å². The van der Waals surface area contributed by atoms with Gasteiger partial charge in [-0.2, -0.15) is 0 Å². The van der Waals surface area contributed by atoms with Gasteiger partial charge in [-0.1, -0.05) is 0 Å². The molecule has 1 aliphatic rings. The number of esters is 1. The fraction of sp³-hybridized carbons (Fsp3) is 0.346. The molecule has 0 radical (unpaired) electrons. The van der Waals surface area contributed by atoms with Crippen molar-refractivity contribution in [1.29, 1.82) is 0 Å². The van der Waals surface area contributed by atoms with Crippen molar-refractivity contribution >= 4 is 28.5 Å². The first-order valence-corrected chi connectivity index (χ1v) is 11.2. The molecule has 0 fully saturated rings. The van der Waals surface area contributed by atoms with Crippen LogP contribution in [0.1, 0.15) is 36.1 Å². The highest BCUT2D eigenvalue weighted by atomic mass is 16.5. The third-order valence-electron chi connectivity index (χ3n) is 6.23. The van der Waals surface area contributed by atoms with Crippen molar-refractivity contribution in [2.45, 2.75) is 32.4 Å². The van der Waals surface area contributed by atoms with Crippen LogP contribution in [-0.4, -0.2) is 44.7 Å². The number of fused-ring (bicyclic) bond motifs is 2. The molecule has 0 aliphatic carbocycles. The van der Waals surface area contributed by atoms with Crippen molar-refractivity contribution in [2.24, 2.45) is 0 Å². The zero-order valence-electron chi connectivity index (χ0n) is 20.2. The molecular formula is C26H28N2O7. The Balaban J connectivity index is 1.74. The lowest BCUT2D eigenvalue weighted by atomic mass is 9.89. The molecule has 0 spiro atoms. The third kappa shape index (κ3) is 5.14. The fourth-order valence-electron chi connectivity index (χ4n) is 4.61. The minimum absolute atomic E-state index is 0.144. The molecule has 1 unspecified atom stereocenters. The molecule has 184 valence electrons. The van der Waals surface area contributed by atoms with Crippen LogP contribution in [0.3, 0.4) is 0 Å². The number of carbonyl (C=O) groups excluding carboxylic acids is 2. The number of hydrogen-bond acceptors (Lipinski definition) is 8. The quantitative estimate of drug-likeness (QED) is 0.405. The van der Waals surface area contributed by atoms with Crippen LogP contribution < -0.4 is 20.4 Å². The van der Waals surface area contributed by atoms with Gasteiger partial charge in [0.25, 0.3) is 0 Å². The predicted octanol–water partition coefficient (Wildman–Crippen LogP) is 3.43. The van der Waals surface area contributed by atoms with Gasteiger partial charge in [-0.05, 0) is 47.4 Å². The largest absolute Gasteiger partial charge is 0.493 e.